The van der Waals surface area contributed by atoms with E-state index >= 15 is 0 Å². The first-order valence-electron chi connectivity index (χ1n) is 3.91. The van der Waals surface area contributed by atoms with Crippen molar-refractivity contribution in [1.82, 2.24) is 5.32 Å². The first-order valence-corrected chi connectivity index (χ1v) is 5.51. The molecule has 0 aliphatic heterocycles. The molecule has 0 radical (unpaired) electrons. The first kappa shape index (κ1) is 11.8. The van der Waals surface area contributed by atoms with Gasteiger partial charge in [-0.2, -0.15) is 5.26 Å². The van der Waals surface area contributed by atoms with Crippen LogP contribution in [0.1, 0.15) is 0 Å². The Morgan fingerprint density at radius 2 is 2.40 bits per heavy atom. The number of benzene rings is 1. The van der Waals surface area contributed by atoms with Gasteiger partial charge in [0.15, 0.2) is 11.4 Å². The molecule has 0 amide bonds. The lowest BCUT2D eigenvalue weighted by Crippen LogP contribution is -2.12. The molecule has 0 unspecified atom stereocenters. The van der Waals surface area contributed by atoms with Gasteiger partial charge in [0.2, 0.25) is 0 Å². The van der Waals surface area contributed by atoms with Gasteiger partial charge < -0.3 is 0 Å². The van der Waals surface area contributed by atoms with Crippen molar-refractivity contribution in [2.45, 2.75) is 0 Å². The molecule has 0 aliphatic rings. The number of nitriles is 1. The summed E-state index contributed by atoms with van der Waals surface area (Å²) in [6.45, 7) is 0. The number of nitrogens with one attached hydrogen (secondary N) is 1. The third-order valence-corrected chi connectivity index (χ3v) is 2.46. The molecule has 0 aliphatic carbocycles. The first-order chi connectivity index (χ1) is 7.19. The quantitative estimate of drug-likeness (QED) is 0.357. The lowest BCUT2D eigenvalue weighted by Gasteiger charge is -2.02. The molecule has 0 heterocycles. The molecule has 1 N–H and O–H groups in total. The number of amidine groups is 1. The number of nitrogens with zero attached hydrogens (tertiary/aromatic N) is 2. The van der Waals surface area contributed by atoms with E-state index in [1.54, 1.807) is 18.5 Å². The molecule has 0 atom stereocenters. The molecule has 3 nitrogen and oxygen atoms in total. The topological polar surface area (TPSA) is 48.2 Å². The number of halogens is 2. The zero-order valence-corrected chi connectivity index (χ0v) is 9.36. The molecule has 6 heteroatoms. The van der Waals surface area contributed by atoms with Crippen LogP contribution in [-0.4, -0.2) is 11.4 Å². The molecule has 1 aromatic rings. The minimum atomic E-state index is -0.532. The highest BCUT2D eigenvalue weighted by Crippen LogP contribution is 2.27. The van der Waals surface area contributed by atoms with Crippen molar-refractivity contribution in [3.05, 3.63) is 29.0 Å². The van der Waals surface area contributed by atoms with Crippen LogP contribution < -0.4 is 5.32 Å². The molecule has 0 aromatic heterocycles. The molecule has 0 fully saturated rings. The van der Waals surface area contributed by atoms with Gasteiger partial charge in [0, 0.05) is 0 Å². The van der Waals surface area contributed by atoms with Crippen LogP contribution in [0.5, 0.6) is 0 Å². The SMILES string of the molecule is CSC(=Nc1cccc(F)c1Cl)NC#N. The van der Waals surface area contributed by atoms with Crippen LogP contribution in [0.15, 0.2) is 23.2 Å². The Labute approximate surface area is 96.0 Å². The van der Waals surface area contributed by atoms with E-state index in [1.165, 1.54) is 23.9 Å². The van der Waals surface area contributed by atoms with Gasteiger partial charge in [-0.15, -0.1) is 0 Å². The van der Waals surface area contributed by atoms with E-state index in [9.17, 15) is 4.39 Å². The summed E-state index contributed by atoms with van der Waals surface area (Å²) >= 11 is 6.93. The van der Waals surface area contributed by atoms with Gasteiger partial charge >= 0.3 is 0 Å². The third-order valence-electron chi connectivity index (χ3n) is 1.51. The molecule has 0 saturated heterocycles. The maximum absolute atomic E-state index is 13.0. The second-order valence-electron chi connectivity index (χ2n) is 2.43. The van der Waals surface area contributed by atoms with Crippen molar-refractivity contribution in [1.29, 1.82) is 5.26 Å². The fraction of sp³-hybridized carbons (Fsp3) is 0.111. The average Bonchev–Trinajstić information content (AvgIpc) is 2.24. The van der Waals surface area contributed by atoms with Crippen LogP contribution >= 0.6 is 23.4 Å². The van der Waals surface area contributed by atoms with Gasteiger partial charge in [0.1, 0.15) is 10.8 Å². The highest BCUT2D eigenvalue weighted by molar-refractivity contribution is 8.13. The largest absolute Gasteiger partial charge is 0.271 e. The van der Waals surface area contributed by atoms with Crippen LogP contribution in [0, 0.1) is 17.3 Å². The predicted octanol–water partition coefficient (Wildman–Crippen LogP) is 2.90. The van der Waals surface area contributed by atoms with Crippen LogP contribution in [0.4, 0.5) is 10.1 Å². The van der Waals surface area contributed by atoms with E-state index in [1.807, 2.05) is 0 Å². The second kappa shape index (κ2) is 5.59. The molecule has 1 rings (SSSR count). The maximum Gasteiger partial charge on any atom is 0.183 e. The Kier molecular flexibility index (Phi) is 4.40. The molecule has 15 heavy (non-hydrogen) atoms. The molecule has 78 valence electrons. The van der Waals surface area contributed by atoms with Gasteiger partial charge in [-0.05, 0) is 18.4 Å². The number of rotatable bonds is 1. The lowest BCUT2D eigenvalue weighted by molar-refractivity contribution is 0.628. The maximum atomic E-state index is 13.0. The Balaban J connectivity index is 3.07. The van der Waals surface area contributed by atoms with Gasteiger partial charge in [0.05, 0.1) is 5.69 Å². The van der Waals surface area contributed by atoms with E-state index in [-0.39, 0.29) is 5.02 Å². The second-order valence-corrected chi connectivity index (χ2v) is 3.60. The zero-order valence-electron chi connectivity index (χ0n) is 7.79. The van der Waals surface area contributed by atoms with Crippen molar-refractivity contribution in [2.75, 3.05) is 6.26 Å². The monoisotopic (exact) mass is 243 g/mol. The van der Waals surface area contributed by atoms with Crippen LogP contribution in [-0.2, 0) is 0 Å². The van der Waals surface area contributed by atoms with Crippen LogP contribution in [0.2, 0.25) is 5.02 Å². The normalized spacial score (nSPS) is 10.9. The van der Waals surface area contributed by atoms with Gasteiger partial charge in [-0.25, -0.2) is 9.38 Å². The van der Waals surface area contributed by atoms with Crippen molar-refractivity contribution in [3.63, 3.8) is 0 Å². The van der Waals surface area contributed by atoms with Crippen molar-refractivity contribution < 1.29 is 4.39 Å². The van der Waals surface area contributed by atoms with Crippen molar-refractivity contribution in [2.24, 2.45) is 4.99 Å². The number of hydrogen-bond donors (Lipinski definition) is 1. The summed E-state index contributed by atoms with van der Waals surface area (Å²) in [6.07, 6.45) is 3.48. The molecule has 1 aromatic carbocycles. The van der Waals surface area contributed by atoms with Crippen molar-refractivity contribution in [3.8, 4) is 6.19 Å². The summed E-state index contributed by atoms with van der Waals surface area (Å²) in [7, 11) is 0. The van der Waals surface area contributed by atoms with E-state index < -0.39 is 5.82 Å². The summed E-state index contributed by atoms with van der Waals surface area (Å²) in [6, 6.07) is 4.32. The Morgan fingerprint density at radius 1 is 1.67 bits per heavy atom. The van der Waals surface area contributed by atoms with E-state index in [0.29, 0.717) is 10.9 Å². The smallest absolute Gasteiger partial charge is 0.183 e. The lowest BCUT2D eigenvalue weighted by atomic mass is 10.3. The van der Waals surface area contributed by atoms with Gasteiger partial charge in [0.25, 0.3) is 0 Å². The number of hydrogen-bond acceptors (Lipinski definition) is 3. The highest BCUT2D eigenvalue weighted by Gasteiger charge is 2.05. The fourth-order valence-corrected chi connectivity index (χ4v) is 1.37. The minimum absolute atomic E-state index is 0.0520. The predicted molar refractivity (Wildman–Crippen MR) is 60.8 cm³/mol. The van der Waals surface area contributed by atoms with E-state index in [2.05, 4.69) is 10.3 Å². The van der Waals surface area contributed by atoms with Gasteiger partial charge in [-0.3, -0.25) is 5.32 Å². The Bertz CT molecular complexity index is 428. The average molecular weight is 244 g/mol. The zero-order chi connectivity index (χ0) is 11.3. The summed E-state index contributed by atoms with van der Waals surface area (Å²) in [5.41, 5.74) is 0.295. The molecule has 0 saturated carbocycles. The van der Waals surface area contributed by atoms with Crippen molar-refractivity contribution >= 4 is 34.2 Å². The van der Waals surface area contributed by atoms with Crippen LogP contribution in [0.25, 0.3) is 0 Å². The molecular weight excluding hydrogens is 237 g/mol. The van der Waals surface area contributed by atoms with Gasteiger partial charge in [-0.1, -0.05) is 29.4 Å². The van der Waals surface area contributed by atoms with E-state index in [0.717, 1.165) is 0 Å². The minimum Gasteiger partial charge on any atom is -0.271 e. The molecule has 0 bridgehead atoms. The van der Waals surface area contributed by atoms with Crippen LogP contribution in [0.3, 0.4) is 0 Å². The molecule has 0 spiro atoms. The van der Waals surface area contributed by atoms with E-state index in [4.69, 9.17) is 16.9 Å². The number of aliphatic imine (C=N–C) groups is 1. The summed E-state index contributed by atoms with van der Waals surface area (Å²) < 4.78 is 13.0. The Morgan fingerprint density at radius 3 is 3.00 bits per heavy atom. The summed E-state index contributed by atoms with van der Waals surface area (Å²) in [5.74, 6) is -0.532. The summed E-state index contributed by atoms with van der Waals surface area (Å²) in [5, 5.41) is 11.1. The summed E-state index contributed by atoms with van der Waals surface area (Å²) in [4.78, 5) is 4.00. The highest BCUT2D eigenvalue weighted by atomic mass is 35.5. The number of thioether (sulfide) groups is 1. The standard InChI is InChI=1S/C9H7ClFN3S/c1-15-9(13-5-12)14-7-4-2-3-6(11)8(7)10/h2-4H,1H3,(H,13,14). The molecular formula is C9H7ClFN3S. The Hall–Kier alpha value is -1.25. The fourth-order valence-electron chi connectivity index (χ4n) is 0.861. The third kappa shape index (κ3) is 3.11.